The minimum absolute atomic E-state index is 0.0160. The zero-order chi connectivity index (χ0) is 18.6. The van der Waals surface area contributed by atoms with Crippen molar-refractivity contribution in [3.05, 3.63) is 35.7 Å². The molecule has 0 saturated carbocycles. The van der Waals surface area contributed by atoms with E-state index in [4.69, 9.17) is 0 Å². The Labute approximate surface area is 138 Å². The molecule has 1 heterocycles. The van der Waals surface area contributed by atoms with Gasteiger partial charge in [0.1, 0.15) is 0 Å². The standard InChI is InChI=1S/C14H11F3N4O4/c1-18-9(22)6-19-12(24)10(23)7-2-4-8(5-3-7)11-20-13(25-21-11)14(15,16)17/h2-5H,6H2,1H3,(H,18,22)(H,19,24). The molecule has 8 nitrogen and oxygen atoms in total. The Bertz CT molecular complexity index is 799. The van der Waals surface area contributed by atoms with Crippen LogP contribution in [0.3, 0.4) is 0 Å². The second-order valence-electron chi connectivity index (χ2n) is 4.68. The van der Waals surface area contributed by atoms with Crippen LogP contribution in [0.4, 0.5) is 13.2 Å². The van der Waals surface area contributed by atoms with E-state index in [-0.39, 0.29) is 23.5 Å². The predicted octanol–water partition coefficient (Wildman–Crippen LogP) is 0.800. The fourth-order valence-electron chi connectivity index (χ4n) is 1.69. The predicted molar refractivity (Wildman–Crippen MR) is 76.1 cm³/mol. The van der Waals surface area contributed by atoms with Crippen molar-refractivity contribution in [2.75, 3.05) is 13.6 Å². The molecule has 0 radical (unpaired) electrons. The average Bonchev–Trinajstić information content (AvgIpc) is 3.09. The van der Waals surface area contributed by atoms with Crippen LogP contribution < -0.4 is 10.6 Å². The molecule has 0 spiro atoms. The molecule has 0 fully saturated rings. The molecule has 11 heteroatoms. The lowest BCUT2D eigenvalue weighted by molar-refractivity contribution is -0.159. The Kier molecular flexibility index (Phi) is 5.15. The summed E-state index contributed by atoms with van der Waals surface area (Å²) in [6, 6.07) is 4.98. The van der Waals surface area contributed by atoms with Gasteiger partial charge in [-0.3, -0.25) is 14.4 Å². The zero-order valence-electron chi connectivity index (χ0n) is 12.7. The number of hydrogen-bond donors (Lipinski definition) is 2. The van der Waals surface area contributed by atoms with Crippen molar-refractivity contribution in [2.24, 2.45) is 0 Å². The maximum Gasteiger partial charge on any atom is 0.471 e. The van der Waals surface area contributed by atoms with Crippen LogP contribution in [0, 0.1) is 0 Å². The first-order valence-electron chi connectivity index (χ1n) is 6.77. The summed E-state index contributed by atoms with van der Waals surface area (Å²) in [5.41, 5.74) is 0.152. The molecule has 0 bridgehead atoms. The van der Waals surface area contributed by atoms with Gasteiger partial charge >= 0.3 is 12.1 Å². The van der Waals surface area contributed by atoms with E-state index >= 15 is 0 Å². The number of Topliss-reactive ketones (excluding diaryl/α,β-unsaturated/α-hetero) is 1. The summed E-state index contributed by atoms with van der Waals surface area (Å²) in [6.45, 7) is -0.359. The molecule has 0 aliphatic carbocycles. The number of ketones is 1. The lowest BCUT2D eigenvalue weighted by Gasteiger charge is -2.04. The Morgan fingerprint density at radius 2 is 1.80 bits per heavy atom. The van der Waals surface area contributed by atoms with Gasteiger partial charge in [0.25, 0.3) is 5.91 Å². The minimum Gasteiger partial charge on any atom is -0.358 e. The fraction of sp³-hybridized carbons (Fsp3) is 0.214. The Balaban J connectivity index is 2.09. The van der Waals surface area contributed by atoms with Gasteiger partial charge in [0, 0.05) is 18.2 Å². The van der Waals surface area contributed by atoms with E-state index in [1.807, 2.05) is 0 Å². The zero-order valence-corrected chi connectivity index (χ0v) is 12.7. The van der Waals surface area contributed by atoms with E-state index in [2.05, 4.69) is 25.3 Å². The van der Waals surface area contributed by atoms with Crippen molar-refractivity contribution in [2.45, 2.75) is 6.18 Å². The number of carbonyl (C=O) groups is 3. The first-order valence-corrected chi connectivity index (χ1v) is 6.77. The Hall–Kier alpha value is -3.24. The quantitative estimate of drug-likeness (QED) is 0.605. The van der Waals surface area contributed by atoms with Gasteiger partial charge in [-0.05, 0) is 0 Å². The molecule has 2 amide bonds. The second-order valence-corrected chi connectivity index (χ2v) is 4.68. The summed E-state index contributed by atoms with van der Waals surface area (Å²) >= 11 is 0. The van der Waals surface area contributed by atoms with Gasteiger partial charge in [0.15, 0.2) is 0 Å². The third-order valence-electron chi connectivity index (χ3n) is 2.97. The highest BCUT2D eigenvalue weighted by Gasteiger charge is 2.38. The number of rotatable bonds is 5. The first kappa shape index (κ1) is 18.1. The second kappa shape index (κ2) is 7.11. The largest absolute Gasteiger partial charge is 0.471 e. The highest BCUT2D eigenvalue weighted by atomic mass is 19.4. The molecule has 0 saturated heterocycles. The molecule has 1 aromatic carbocycles. The highest BCUT2D eigenvalue weighted by molar-refractivity contribution is 6.43. The molecule has 2 aromatic rings. The minimum atomic E-state index is -4.76. The van der Waals surface area contributed by atoms with E-state index < -0.39 is 29.7 Å². The summed E-state index contributed by atoms with van der Waals surface area (Å²) in [5, 5.41) is 7.61. The maximum absolute atomic E-state index is 12.4. The SMILES string of the molecule is CNC(=O)CNC(=O)C(=O)c1ccc(-c2noc(C(F)(F)F)n2)cc1. The number of carbonyl (C=O) groups excluding carboxylic acids is 3. The van der Waals surface area contributed by atoms with Crippen LogP contribution in [-0.2, 0) is 15.8 Å². The lowest BCUT2D eigenvalue weighted by Crippen LogP contribution is -2.38. The number of benzene rings is 1. The molecule has 25 heavy (non-hydrogen) atoms. The van der Waals surface area contributed by atoms with Gasteiger partial charge in [-0.15, -0.1) is 0 Å². The van der Waals surface area contributed by atoms with Gasteiger partial charge in [-0.25, -0.2) is 0 Å². The molecular weight excluding hydrogens is 345 g/mol. The Morgan fingerprint density at radius 1 is 1.16 bits per heavy atom. The van der Waals surface area contributed by atoms with E-state index in [0.29, 0.717) is 0 Å². The average molecular weight is 356 g/mol. The number of nitrogens with zero attached hydrogens (tertiary/aromatic N) is 2. The molecule has 2 rings (SSSR count). The van der Waals surface area contributed by atoms with E-state index in [1.54, 1.807) is 0 Å². The van der Waals surface area contributed by atoms with Crippen molar-refractivity contribution in [1.29, 1.82) is 0 Å². The number of likely N-dealkylation sites (N-methyl/N-ethyl adjacent to an activating group) is 1. The van der Waals surface area contributed by atoms with Crippen LogP contribution in [0.2, 0.25) is 0 Å². The topological polar surface area (TPSA) is 114 Å². The maximum atomic E-state index is 12.4. The van der Waals surface area contributed by atoms with E-state index in [9.17, 15) is 27.6 Å². The third-order valence-corrected chi connectivity index (χ3v) is 2.97. The van der Waals surface area contributed by atoms with Gasteiger partial charge in [-0.1, -0.05) is 29.4 Å². The van der Waals surface area contributed by atoms with Gasteiger partial charge < -0.3 is 15.2 Å². The molecule has 2 N–H and O–H groups in total. The lowest BCUT2D eigenvalue weighted by atomic mass is 10.1. The van der Waals surface area contributed by atoms with Crippen molar-refractivity contribution >= 4 is 17.6 Å². The van der Waals surface area contributed by atoms with Gasteiger partial charge in [0.05, 0.1) is 6.54 Å². The number of alkyl halides is 3. The fourth-order valence-corrected chi connectivity index (χ4v) is 1.69. The molecular formula is C14H11F3N4O4. The number of halogens is 3. The molecule has 1 aromatic heterocycles. The number of amides is 2. The van der Waals surface area contributed by atoms with Crippen molar-refractivity contribution < 1.29 is 32.1 Å². The van der Waals surface area contributed by atoms with Crippen molar-refractivity contribution in [3.63, 3.8) is 0 Å². The van der Waals surface area contributed by atoms with Crippen molar-refractivity contribution in [1.82, 2.24) is 20.8 Å². The Morgan fingerprint density at radius 3 is 2.32 bits per heavy atom. The summed E-state index contributed by atoms with van der Waals surface area (Å²) in [6.07, 6.45) is -4.76. The summed E-state index contributed by atoms with van der Waals surface area (Å²) in [4.78, 5) is 37.7. The van der Waals surface area contributed by atoms with Crippen LogP contribution in [0.1, 0.15) is 16.2 Å². The molecule has 0 aliphatic heterocycles. The number of aromatic nitrogens is 2. The summed E-state index contributed by atoms with van der Waals surface area (Å²) in [5.74, 6) is -4.17. The molecule has 0 atom stereocenters. The van der Waals surface area contributed by atoms with E-state index in [0.717, 1.165) is 0 Å². The normalized spacial score (nSPS) is 11.0. The molecule has 0 unspecified atom stereocenters. The van der Waals surface area contributed by atoms with E-state index in [1.165, 1.54) is 31.3 Å². The van der Waals surface area contributed by atoms with Gasteiger partial charge in [-0.2, -0.15) is 18.2 Å². The monoisotopic (exact) mass is 356 g/mol. The smallest absolute Gasteiger partial charge is 0.358 e. The van der Waals surface area contributed by atoms with Crippen LogP contribution in [-0.4, -0.2) is 41.3 Å². The molecule has 0 aliphatic rings. The van der Waals surface area contributed by atoms with Crippen LogP contribution in [0.5, 0.6) is 0 Å². The first-order chi connectivity index (χ1) is 11.7. The highest BCUT2D eigenvalue weighted by Crippen LogP contribution is 2.29. The van der Waals surface area contributed by atoms with Crippen LogP contribution in [0.15, 0.2) is 28.8 Å². The molecule has 132 valence electrons. The summed E-state index contributed by atoms with van der Waals surface area (Å²) < 4.78 is 41.4. The van der Waals surface area contributed by atoms with Crippen LogP contribution >= 0.6 is 0 Å². The third kappa shape index (κ3) is 4.40. The van der Waals surface area contributed by atoms with Crippen LogP contribution in [0.25, 0.3) is 11.4 Å². The number of hydrogen-bond acceptors (Lipinski definition) is 6. The number of nitrogens with one attached hydrogen (secondary N) is 2. The van der Waals surface area contributed by atoms with Gasteiger partial charge in [0.2, 0.25) is 17.5 Å². The van der Waals surface area contributed by atoms with Crippen molar-refractivity contribution in [3.8, 4) is 11.4 Å². The summed E-state index contributed by atoms with van der Waals surface area (Å²) in [7, 11) is 1.37.